The lowest BCUT2D eigenvalue weighted by Crippen LogP contribution is -2.46. The molecule has 5 N–H and O–H groups in total. The van der Waals surface area contributed by atoms with Gasteiger partial charge in [-0.2, -0.15) is 0 Å². The number of benzene rings is 2. The fourth-order valence-corrected chi connectivity index (χ4v) is 5.63. The summed E-state index contributed by atoms with van der Waals surface area (Å²) in [5.74, 6) is 0.893. The molecule has 0 bridgehead atoms. The first-order valence-corrected chi connectivity index (χ1v) is 18.1. The molecule has 1 saturated heterocycles. The number of fused-ring (bicyclic) bond motifs is 2. The number of aliphatic imine (C=N–C) groups is 1. The number of nitrogens with zero attached hydrogens (tertiary/aromatic N) is 2. The molecule has 0 aromatic heterocycles. The number of anilines is 2. The van der Waals surface area contributed by atoms with E-state index in [1.807, 2.05) is 37.4 Å². The summed E-state index contributed by atoms with van der Waals surface area (Å²) in [5, 5.41) is 16.5. The van der Waals surface area contributed by atoms with Crippen LogP contribution in [0.1, 0.15) is 43.2 Å². The number of halogens is 1. The molecule has 13 nitrogen and oxygen atoms in total. The molecule has 0 saturated carbocycles. The number of carbonyl (C=O) groups is 2. The van der Waals surface area contributed by atoms with Gasteiger partial charge in [0.2, 0.25) is 11.8 Å². The molecule has 2 aromatic rings. The van der Waals surface area contributed by atoms with Gasteiger partial charge in [0.25, 0.3) is 0 Å². The molecular weight excluding hydrogens is 662 g/mol. The van der Waals surface area contributed by atoms with Crippen molar-refractivity contribution in [3.63, 3.8) is 0 Å². The molecule has 0 radical (unpaired) electrons. The van der Waals surface area contributed by atoms with Crippen LogP contribution in [-0.2, 0) is 35.1 Å². The Morgan fingerprint density at radius 1 is 0.780 bits per heavy atom. The number of carbonyl (C=O) groups excluding carboxylic acids is 2. The summed E-state index contributed by atoms with van der Waals surface area (Å²) < 4.78 is 22.1. The van der Waals surface area contributed by atoms with Gasteiger partial charge in [-0.1, -0.05) is 24.1 Å². The zero-order chi connectivity index (χ0) is 35.2. The average molecular weight is 716 g/mol. The largest absolute Gasteiger partial charge is 0.379 e. The molecule has 2 heterocycles. The molecule has 2 aliphatic rings. The number of unbranched alkanes of at least 4 members (excludes halogenated alkanes) is 2. The van der Waals surface area contributed by atoms with Gasteiger partial charge < -0.3 is 50.4 Å². The lowest BCUT2D eigenvalue weighted by Gasteiger charge is -2.31. The molecule has 0 unspecified atom stereocenters. The monoisotopic (exact) mass is 715 g/mol. The molecule has 1 fully saturated rings. The molecule has 2 aromatic carbocycles. The van der Waals surface area contributed by atoms with Crippen LogP contribution in [0.2, 0.25) is 5.02 Å². The lowest BCUT2D eigenvalue weighted by molar-refractivity contribution is -0.122. The summed E-state index contributed by atoms with van der Waals surface area (Å²) in [6.07, 6.45) is 3.88. The van der Waals surface area contributed by atoms with E-state index in [1.54, 1.807) is 0 Å². The van der Waals surface area contributed by atoms with Crippen LogP contribution in [0, 0.1) is 0 Å². The van der Waals surface area contributed by atoms with E-state index >= 15 is 0 Å². The molecule has 0 spiro atoms. The van der Waals surface area contributed by atoms with Gasteiger partial charge in [-0.25, -0.2) is 4.99 Å². The number of amides is 2. The second kappa shape index (κ2) is 23.2. The van der Waals surface area contributed by atoms with Crippen molar-refractivity contribution in [2.24, 2.45) is 4.99 Å². The Morgan fingerprint density at radius 2 is 1.46 bits per heavy atom. The van der Waals surface area contributed by atoms with Crippen molar-refractivity contribution < 1.29 is 28.5 Å². The number of ether oxygens (including phenoxy) is 4. The number of rotatable bonds is 23. The van der Waals surface area contributed by atoms with E-state index in [4.69, 9.17) is 35.5 Å². The standard InChI is InChI=1S/C36H54ClN7O6/c1-38-11-4-2-3-5-34(45)40-14-18-48-20-22-50-24-23-49-21-19-47-17-10-35(46)41-27-28-6-8-31-30(25-28)36(44-15-12-39-13-16-44)43-33-26-29(37)7-9-32(33)42-31/h6-9,25-26,38-39,42H,2-5,10-24,27H2,1H3,(H,40,45)(H,41,46). The Morgan fingerprint density at radius 3 is 2.20 bits per heavy atom. The number of nitrogens with one attached hydrogen (secondary N) is 5. The number of hydrogen-bond donors (Lipinski definition) is 5. The Balaban J connectivity index is 1.02. The van der Waals surface area contributed by atoms with Crippen molar-refractivity contribution in [3.05, 3.63) is 52.5 Å². The summed E-state index contributed by atoms with van der Waals surface area (Å²) in [4.78, 5) is 31.6. The summed E-state index contributed by atoms with van der Waals surface area (Å²) in [7, 11) is 1.93. The maximum Gasteiger partial charge on any atom is 0.222 e. The van der Waals surface area contributed by atoms with Crippen molar-refractivity contribution in [1.29, 1.82) is 0 Å². The minimum absolute atomic E-state index is 0.0726. The molecule has 4 rings (SSSR count). The highest BCUT2D eigenvalue weighted by atomic mass is 35.5. The zero-order valence-corrected chi connectivity index (χ0v) is 30.1. The Bertz CT molecular complexity index is 1360. The quantitative estimate of drug-likeness (QED) is 0.109. The van der Waals surface area contributed by atoms with Crippen molar-refractivity contribution in [2.45, 2.75) is 38.6 Å². The minimum atomic E-state index is -0.0780. The predicted octanol–water partition coefficient (Wildman–Crippen LogP) is 3.35. The Labute approximate surface area is 301 Å². The van der Waals surface area contributed by atoms with Crippen LogP contribution in [0.3, 0.4) is 0 Å². The molecule has 0 aliphatic carbocycles. The maximum atomic E-state index is 12.5. The third-order valence-electron chi connectivity index (χ3n) is 8.18. The van der Waals surface area contributed by atoms with Crippen molar-refractivity contribution in [1.82, 2.24) is 26.2 Å². The fraction of sp³-hybridized carbons (Fsp3) is 0.583. The summed E-state index contributed by atoms with van der Waals surface area (Å²) in [6, 6.07) is 11.8. The summed E-state index contributed by atoms with van der Waals surface area (Å²) in [5.41, 5.74) is 4.64. The van der Waals surface area contributed by atoms with Crippen LogP contribution in [0.5, 0.6) is 0 Å². The van der Waals surface area contributed by atoms with E-state index in [0.29, 0.717) is 77.4 Å². The average Bonchev–Trinajstić information content (AvgIpc) is 3.28. The van der Waals surface area contributed by atoms with Gasteiger partial charge in [-0.3, -0.25) is 9.59 Å². The van der Waals surface area contributed by atoms with E-state index in [0.717, 1.165) is 86.0 Å². The van der Waals surface area contributed by atoms with Crippen LogP contribution in [0.25, 0.3) is 0 Å². The van der Waals surface area contributed by atoms with Gasteiger partial charge in [0.15, 0.2) is 0 Å². The summed E-state index contributed by atoms with van der Waals surface area (Å²) in [6.45, 7) is 8.82. The van der Waals surface area contributed by atoms with Gasteiger partial charge in [0.1, 0.15) is 5.84 Å². The van der Waals surface area contributed by atoms with Gasteiger partial charge in [-0.15, -0.1) is 0 Å². The molecular formula is C36H54ClN7O6. The van der Waals surface area contributed by atoms with E-state index < -0.39 is 0 Å². The first-order chi connectivity index (χ1) is 24.5. The third kappa shape index (κ3) is 14.5. The lowest BCUT2D eigenvalue weighted by atomic mass is 10.1. The van der Waals surface area contributed by atoms with E-state index in [-0.39, 0.29) is 18.2 Å². The van der Waals surface area contributed by atoms with Gasteiger partial charge in [0, 0.05) is 68.4 Å². The molecule has 276 valence electrons. The smallest absolute Gasteiger partial charge is 0.222 e. The molecule has 50 heavy (non-hydrogen) atoms. The highest BCUT2D eigenvalue weighted by molar-refractivity contribution is 6.31. The minimum Gasteiger partial charge on any atom is -0.379 e. The maximum absolute atomic E-state index is 12.5. The number of piperazine rings is 1. The molecule has 2 amide bonds. The van der Waals surface area contributed by atoms with Crippen LogP contribution in [0.15, 0.2) is 41.4 Å². The highest BCUT2D eigenvalue weighted by Crippen LogP contribution is 2.37. The van der Waals surface area contributed by atoms with Crippen LogP contribution in [-0.4, -0.2) is 122 Å². The third-order valence-corrected chi connectivity index (χ3v) is 8.41. The van der Waals surface area contributed by atoms with Crippen LogP contribution >= 0.6 is 11.6 Å². The van der Waals surface area contributed by atoms with Crippen LogP contribution in [0.4, 0.5) is 17.1 Å². The SMILES string of the molecule is CNCCCCCC(=O)NCCOCCOCCOCCOCCC(=O)NCc1ccc2c(c1)C(N1CCNCC1)=Nc1cc(Cl)ccc1N2. The predicted molar refractivity (Wildman–Crippen MR) is 197 cm³/mol. The van der Waals surface area contributed by atoms with E-state index in [9.17, 15) is 9.59 Å². The topological polar surface area (TPSA) is 147 Å². The molecule has 14 heteroatoms. The van der Waals surface area contributed by atoms with E-state index in [2.05, 4.69) is 37.6 Å². The van der Waals surface area contributed by atoms with Gasteiger partial charge >= 0.3 is 0 Å². The molecule has 2 aliphatic heterocycles. The zero-order valence-electron chi connectivity index (χ0n) is 29.3. The normalized spacial score (nSPS) is 13.9. The Hall–Kier alpha value is -3.30. The summed E-state index contributed by atoms with van der Waals surface area (Å²) >= 11 is 6.30. The van der Waals surface area contributed by atoms with Gasteiger partial charge in [-0.05, 0) is 62.3 Å². The highest BCUT2D eigenvalue weighted by Gasteiger charge is 2.23. The van der Waals surface area contributed by atoms with Gasteiger partial charge in [0.05, 0.1) is 64.2 Å². The first-order valence-electron chi connectivity index (χ1n) is 17.8. The van der Waals surface area contributed by atoms with Crippen molar-refractivity contribution >= 4 is 46.3 Å². The number of amidine groups is 1. The van der Waals surface area contributed by atoms with E-state index in [1.165, 1.54) is 0 Å². The van der Waals surface area contributed by atoms with Crippen LogP contribution < -0.4 is 26.6 Å². The molecule has 0 atom stereocenters. The Kier molecular flexibility index (Phi) is 18.3. The second-order valence-electron chi connectivity index (χ2n) is 12.1. The van der Waals surface area contributed by atoms with Crippen molar-refractivity contribution in [2.75, 3.05) is 104 Å². The first kappa shape index (κ1) is 39.5. The number of hydrogen-bond acceptors (Lipinski definition) is 11. The fourth-order valence-electron chi connectivity index (χ4n) is 5.47. The van der Waals surface area contributed by atoms with Crippen molar-refractivity contribution in [3.8, 4) is 0 Å². The second-order valence-corrected chi connectivity index (χ2v) is 12.5.